The molecule has 0 aromatic rings. The Morgan fingerprint density at radius 1 is 1.03 bits per heavy atom. The van der Waals surface area contributed by atoms with E-state index in [1.165, 1.54) is 51.4 Å². The molecule has 0 heteroatoms. The summed E-state index contributed by atoms with van der Waals surface area (Å²) in [5.41, 5.74) is 2.71. The van der Waals surface area contributed by atoms with Crippen LogP contribution < -0.4 is 0 Å². The largest absolute Gasteiger partial charge is 0.0851 e. The van der Waals surface area contributed by atoms with Crippen LogP contribution in [-0.4, -0.2) is 0 Å². The Morgan fingerprint density at radius 3 is 2.55 bits per heavy atom. The van der Waals surface area contributed by atoms with Crippen LogP contribution in [0.25, 0.3) is 0 Å². The number of hydrogen-bond donors (Lipinski definition) is 0. The van der Waals surface area contributed by atoms with E-state index in [-0.39, 0.29) is 0 Å². The summed E-state index contributed by atoms with van der Waals surface area (Å²) in [6, 6.07) is 0. The van der Waals surface area contributed by atoms with Crippen molar-refractivity contribution in [3.8, 4) is 0 Å². The lowest BCUT2D eigenvalue weighted by molar-refractivity contribution is -0.0410. The molecule has 0 aliphatic heterocycles. The van der Waals surface area contributed by atoms with Gasteiger partial charge < -0.3 is 0 Å². The van der Waals surface area contributed by atoms with Gasteiger partial charge in [-0.05, 0) is 109 Å². The van der Waals surface area contributed by atoms with Gasteiger partial charge in [-0.25, -0.2) is 0 Å². The Labute approximate surface area is 181 Å². The van der Waals surface area contributed by atoms with Gasteiger partial charge in [-0.1, -0.05) is 71.9 Å². The Hall–Kier alpha value is -0.780. The second kappa shape index (κ2) is 8.05. The van der Waals surface area contributed by atoms with Crippen LogP contribution in [0.1, 0.15) is 92.9 Å². The van der Waals surface area contributed by atoms with Crippen LogP contribution >= 0.6 is 0 Å². The molecule has 0 spiro atoms. The zero-order valence-electron chi connectivity index (χ0n) is 20.1. The van der Waals surface area contributed by atoms with E-state index in [1.54, 1.807) is 5.57 Å². The Kier molecular flexibility index (Phi) is 5.95. The van der Waals surface area contributed by atoms with Crippen molar-refractivity contribution in [2.24, 2.45) is 52.3 Å². The van der Waals surface area contributed by atoms with Crippen LogP contribution in [0.3, 0.4) is 0 Å². The number of hydrogen-bond acceptors (Lipinski definition) is 0. The first-order valence-corrected chi connectivity index (χ1v) is 12.9. The highest BCUT2D eigenvalue weighted by atomic mass is 14.6. The topological polar surface area (TPSA) is 0 Å². The van der Waals surface area contributed by atoms with Crippen molar-refractivity contribution in [2.75, 3.05) is 0 Å². The lowest BCUT2D eigenvalue weighted by Gasteiger charge is -2.57. The summed E-state index contributed by atoms with van der Waals surface area (Å²) in [6.07, 6.45) is 23.9. The standard InChI is InChI=1S/C29H46/c1-7-22(20(2)3)12-11-21(4)25-15-16-26-24-14-13-23-10-8-9-18-28(23,5)27(24)17-19-29(25,26)6/h8,10-13,20-22,24-27H,7,9,14-19H2,1-6H3/b12-11+. The SMILES string of the molecule is CCC(/C=C/C(C)C1CCC2C3CC=C4C=CCCC4(C)C3CCC12C)C(C)C. The molecule has 0 aromatic heterocycles. The summed E-state index contributed by atoms with van der Waals surface area (Å²) < 4.78 is 0. The van der Waals surface area contributed by atoms with Crippen LogP contribution in [0.15, 0.2) is 36.0 Å². The summed E-state index contributed by atoms with van der Waals surface area (Å²) in [5.74, 6) is 5.96. The van der Waals surface area contributed by atoms with Gasteiger partial charge in [0, 0.05) is 0 Å². The summed E-state index contributed by atoms with van der Waals surface area (Å²) in [7, 11) is 0. The van der Waals surface area contributed by atoms with E-state index in [0.717, 1.165) is 41.4 Å². The summed E-state index contributed by atoms with van der Waals surface area (Å²) in [4.78, 5) is 0. The van der Waals surface area contributed by atoms with Crippen molar-refractivity contribution in [1.82, 2.24) is 0 Å². The molecule has 4 rings (SSSR count). The second-order valence-corrected chi connectivity index (χ2v) is 11.9. The zero-order valence-corrected chi connectivity index (χ0v) is 20.1. The van der Waals surface area contributed by atoms with E-state index in [1.807, 2.05) is 0 Å². The number of allylic oxidation sites excluding steroid dienone is 6. The monoisotopic (exact) mass is 394 g/mol. The first kappa shape index (κ1) is 21.5. The molecule has 4 aliphatic rings. The van der Waals surface area contributed by atoms with E-state index in [9.17, 15) is 0 Å². The Bertz CT molecular complexity index is 678. The van der Waals surface area contributed by atoms with Gasteiger partial charge in [0.25, 0.3) is 0 Å². The lowest BCUT2D eigenvalue weighted by atomic mass is 9.47. The van der Waals surface area contributed by atoms with E-state index in [4.69, 9.17) is 0 Å². The molecule has 0 aromatic carbocycles. The van der Waals surface area contributed by atoms with Crippen LogP contribution in [0.5, 0.6) is 0 Å². The van der Waals surface area contributed by atoms with Gasteiger partial charge in [0.1, 0.15) is 0 Å². The predicted molar refractivity (Wildman–Crippen MR) is 127 cm³/mol. The number of fused-ring (bicyclic) bond motifs is 5. The van der Waals surface area contributed by atoms with Crippen molar-refractivity contribution in [3.05, 3.63) is 36.0 Å². The van der Waals surface area contributed by atoms with E-state index in [0.29, 0.717) is 10.8 Å². The average Bonchev–Trinajstić information content (AvgIpc) is 3.05. The molecule has 0 heterocycles. The van der Waals surface area contributed by atoms with Crippen LogP contribution in [0.4, 0.5) is 0 Å². The van der Waals surface area contributed by atoms with Gasteiger partial charge in [-0.15, -0.1) is 0 Å². The van der Waals surface area contributed by atoms with Crippen molar-refractivity contribution < 1.29 is 0 Å². The molecule has 8 unspecified atom stereocenters. The first-order chi connectivity index (χ1) is 13.8. The van der Waals surface area contributed by atoms with E-state index < -0.39 is 0 Å². The molecule has 0 N–H and O–H groups in total. The van der Waals surface area contributed by atoms with Crippen molar-refractivity contribution >= 4 is 0 Å². The Balaban J connectivity index is 1.53. The maximum atomic E-state index is 2.69. The summed E-state index contributed by atoms with van der Waals surface area (Å²) >= 11 is 0. The minimum atomic E-state index is 0.466. The highest BCUT2D eigenvalue weighted by molar-refractivity contribution is 5.34. The van der Waals surface area contributed by atoms with E-state index >= 15 is 0 Å². The highest BCUT2D eigenvalue weighted by Gasteiger charge is 2.58. The van der Waals surface area contributed by atoms with Gasteiger partial charge in [-0.3, -0.25) is 0 Å². The maximum absolute atomic E-state index is 2.69. The summed E-state index contributed by atoms with van der Waals surface area (Å²) in [5, 5.41) is 0. The Morgan fingerprint density at radius 2 is 1.83 bits per heavy atom. The third-order valence-electron chi connectivity index (χ3n) is 10.4. The molecule has 162 valence electrons. The molecule has 0 radical (unpaired) electrons. The van der Waals surface area contributed by atoms with Gasteiger partial charge in [-0.2, -0.15) is 0 Å². The minimum Gasteiger partial charge on any atom is -0.0851 e. The number of rotatable bonds is 5. The van der Waals surface area contributed by atoms with Crippen LogP contribution in [0.2, 0.25) is 0 Å². The zero-order chi connectivity index (χ0) is 20.8. The molecule has 0 bridgehead atoms. The first-order valence-electron chi connectivity index (χ1n) is 12.9. The summed E-state index contributed by atoms with van der Waals surface area (Å²) in [6.45, 7) is 14.9. The molecule has 2 saturated carbocycles. The lowest BCUT2D eigenvalue weighted by Crippen LogP contribution is -2.49. The fourth-order valence-electron chi connectivity index (χ4n) is 8.49. The van der Waals surface area contributed by atoms with Crippen molar-refractivity contribution in [2.45, 2.75) is 92.9 Å². The normalized spacial score (nSPS) is 43.6. The van der Waals surface area contributed by atoms with Gasteiger partial charge in [0.05, 0.1) is 0 Å². The fraction of sp³-hybridized carbons (Fsp3) is 0.793. The molecule has 4 aliphatic carbocycles. The third-order valence-corrected chi connectivity index (χ3v) is 10.4. The van der Waals surface area contributed by atoms with Gasteiger partial charge in [0.15, 0.2) is 0 Å². The molecule has 0 amide bonds. The van der Waals surface area contributed by atoms with Crippen LogP contribution in [0, 0.1) is 52.3 Å². The minimum absolute atomic E-state index is 0.466. The predicted octanol–water partition coefficient (Wildman–Crippen LogP) is 8.61. The quantitative estimate of drug-likeness (QED) is 0.409. The van der Waals surface area contributed by atoms with Gasteiger partial charge in [0.2, 0.25) is 0 Å². The van der Waals surface area contributed by atoms with Crippen molar-refractivity contribution in [3.63, 3.8) is 0 Å². The molecule has 29 heavy (non-hydrogen) atoms. The molecule has 0 saturated heterocycles. The maximum Gasteiger partial charge on any atom is -0.00445 e. The molecular weight excluding hydrogens is 348 g/mol. The molecule has 0 nitrogen and oxygen atoms in total. The third kappa shape index (κ3) is 3.51. The smallest absolute Gasteiger partial charge is 0.00445 e. The van der Waals surface area contributed by atoms with Crippen molar-refractivity contribution in [1.29, 1.82) is 0 Å². The van der Waals surface area contributed by atoms with E-state index in [2.05, 4.69) is 71.9 Å². The second-order valence-electron chi connectivity index (χ2n) is 11.9. The highest BCUT2D eigenvalue weighted by Crippen LogP contribution is 2.66. The van der Waals surface area contributed by atoms with Gasteiger partial charge >= 0.3 is 0 Å². The van der Waals surface area contributed by atoms with Crippen LogP contribution in [-0.2, 0) is 0 Å². The molecular formula is C29H46. The average molecular weight is 395 g/mol. The fourth-order valence-corrected chi connectivity index (χ4v) is 8.49. The molecule has 2 fully saturated rings. The molecule has 8 atom stereocenters.